The van der Waals surface area contributed by atoms with Crippen LogP contribution in [0.15, 0.2) is 30.3 Å². The van der Waals surface area contributed by atoms with E-state index in [4.69, 9.17) is 34.8 Å². The Hall–Kier alpha value is -1.69. The minimum atomic E-state index is -0.818. The molecule has 0 aromatic heterocycles. The normalized spacial score (nSPS) is 10.3. The van der Waals surface area contributed by atoms with E-state index in [1.54, 1.807) is 0 Å². The van der Waals surface area contributed by atoms with E-state index in [0.29, 0.717) is 10.7 Å². The molecule has 0 saturated carbocycles. The Kier molecular flexibility index (Phi) is 4.77. The summed E-state index contributed by atoms with van der Waals surface area (Å²) in [6.45, 7) is 0. The van der Waals surface area contributed by atoms with E-state index >= 15 is 0 Å². The van der Waals surface area contributed by atoms with Gasteiger partial charge in [0.1, 0.15) is 5.75 Å². The average molecular weight is 350 g/mol. The predicted molar refractivity (Wildman–Crippen MR) is 82.2 cm³/mol. The number of phenolic OH excluding ortho intramolecular Hbond substituents is 1. The summed E-state index contributed by atoms with van der Waals surface area (Å²) in [5.74, 6) is -1.23. The lowest BCUT2D eigenvalue weighted by molar-refractivity contribution is 0.262. The third-order valence-corrected chi connectivity index (χ3v) is 3.50. The lowest BCUT2D eigenvalue weighted by atomic mass is 10.3. The summed E-state index contributed by atoms with van der Waals surface area (Å²) in [6, 6.07) is 5.70. The maximum atomic E-state index is 13.5. The Morgan fingerprint density at radius 2 is 1.71 bits per heavy atom. The van der Waals surface area contributed by atoms with E-state index in [0.717, 1.165) is 12.1 Å². The van der Waals surface area contributed by atoms with E-state index in [9.17, 15) is 14.3 Å². The molecule has 0 fully saturated rings. The van der Waals surface area contributed by atoms with Gasteiger partial charge in [-0.25, -0.2) is 9.18 Å². The average Bonchev–Trinajstić information content (AvgIpc) is 2.40. The number of rotatable bonds is 2. The molecule has 0 aliphatic heterocycles. The smallest absolute Gasteiger partial charge is 0.323 e. The van der Waals surface area contributed by atoms with Gasteiger partial charge in [0.05, 0.1) is 20.8 Å². The number of hydrogen-bond donors (Lipinski definition) is 3. The molecule has 0 unspecified atom stereocenters. The van der Waals surface area contributed by atoms with Gasteiger partial charge in [-0.05, 0) is 24.3 Å². The van der Waals surface area contributed by atoms with Crippen molar-refractivity contribution < 1.29 is 14.3 Å². The number of carbonyl (C=O) groups is 1. The van der Waals surface area contributed by atoms with Crippen LogP contribution in [0.1, 0.15) is 0 Å². The maximum Gasteiger partial charge on any atom is 0.323 e. The molecule has 2 amide bonds. The third-order valence-electron chi connectivity index (χ3n) is 2.46. The molecular formula is C13H8Cl3FN2O2. The zero-order valence-corrected chi connectivity index (χ0v) is 12.5. The van der Waals surface area contributed by atoms with Gasteiger partial charge in [0, 0.05) is 11.8 Å². The second-order valence-corrected chi connectivity index (χ2v) is 5.21. The first-order chi connectivity index (χ1) is 9.86. The SMILES string of the molecule is O=C(Nc1ccc(Cl)c(Cl)c1)Nc1cc(Cl)c(O)cc1F. The molecule has 0 bridgehead atoms. The van der Waals surface area contributed by atoms with Crippen molar-refractivity contribution in [2.75, 3.05) is 10.6 Å². The summed E-state index contributed by atoms with van der Waals surface area (Å²) in [5, 5.41) is 14.5. The van der Waals surface area contributed by atoms with Gasteiger partial charge in [-0.15, -0.1) is 0 Å². The van der Waals surface area contributed by atoms with Gasteiger partial charge in [0.15, 0.2) is 5.82 Å². The topological polar surface area (TPSA) is 61.4 Å². The standard InChI is InChI=1S/C13H8Cl3FN2O2/c14-7-2-1-6(3-8(7)15)18-13(21)19-11-4-9(16)12(20)5-10(11)17/h1-5,20H,(H2,18,19,21). The minimum Gasteiger partial charge on any atom is -0.506 e. The predicted octanol–water partition coefficient (Wildman–Crippen LogP) is 5.14. The van der Waals surface area contributed by atoms with Gasteiger partial charge in [0.25, 0.3) is 0 Å². The summed E-state index contributed by atoms with van der Waals surface area (Å²) < 4.78 is 13.5. The van der Waals surface area contributed by atoms with Crippen LogP contribution in [0.4, 0.5) is 20.6 Å². The van der Waals surface area contributed by atoms with Crippen molar-refractivity contribution in [3.63, 3.8) is 0 Å². The molecule has 110 valence electrons. The lowest BCUT2D eigenvalue weighted by Gasteiger charge is -2.10. The fourth-order valence-corrected chi connectivity index (χ4v) is 1.95. The van der Waals surface area contributed by atoms with Crippen molar-refractivity contribution in [2.24, 2.45) is 0 Å². The molecule has 21 heavy (non-hydrogen) atoms. The monoisotopic (exact) mass is 348 g/mol. The second kappa shape index (κ2) is 6.39. The molecule has 2 aromatic rings. The first kappa shape index (κ1) is 15.7. The Morgan fingerprint density at radius 3 is 2.38 bits per heavy atom. The van der Waals surface area contributed by atoms with Gasteiger partial charge in [-0.2, -0.15) is 0 Å². The number of carbonyl (C=O) groups excluding carboxylic acids is 1. The van der Waals surface area contributed by atoms with Crippen LogP contribution in [-0.4, -0.2) is 11.1 Å². The molecule has 8 heteroatoms. The fourth-order valence-electron chi connectivity index (χ4n) is 1.49. The van der Waals surface area contributed by atoms with Crippen LogP contribution in [-0.2, 0) is 0 Å². The number of nitrogens with one attached hydrogen (secondary N) is 2. The summed E-state index contributed by atoms with van der Waals surface area (Å²) in [7, 11) is 0. The van der Waals surface area contributed by atoms with Crippen LogP contribution < -0.4 is 10.6 Å². The van der Waals surface area contributed by atoms with E-state index in [1.165, 1.54) is 18.2 Å². The van der Waals surface area contributed by atoms with Gasteiger partial charge < -0.3 is 15.7 Å². The first-order valence-electron chi connectivity index (χ1n) is 5.58. The number of aromatic hydroxyl groups is 1. The van der Waals surface area contributed by atoms with Gasteiger partial charge in [-0.3, -0.25) is 0 Å². The summed E-state index contributed by atoms with van der Waals surface area (Å²) in [4.78, 5) is 11.8. The third kappa shape index (κ3) is 3.91. The Balaban J connectivity index is 2.11. The Labute approximate surface area is 134 Å². The van der Waals surface area contributed by atoms with Crippen LogP contribution in [0.2, 0.25) is 15.1 Å². The summed E-state index contributed by atoms with van der Waals surface area (Å²) in [6.07, 6.45) is 0. The van der Waals surface area contributed by atoms with Crippen LogP contribution in [0.3, 0.4) is 0 Å². The van der Waals surface area contributed by atoms with Gasteiger partial charge in [-0.1, -0.05) is 34.8 Å². The molecule has 2 aromatic carbocycles. The van der Waals surface area contributed by atoms with Crippen molar-refractivity contribution in [3.05, 3.63) is 51.2 Å². The number of amides is 2. The summed E-state index contributed by atoms with van der Waals surface area (Å²) >= 11 is 17.2. The van der Waals surface area contributed by atoms with Crippen LogP contribution >= 0.6 is 34.8 Å². The zero-order valence-electron chi connectivity index (χ0n) is 10.3. The Morgan fingerprint density at radius 1 is 1.00 bits per heavy atom. The van der Waals surface area contributed by atoms with Crippen molar-refractivity contribution in [2.45, 2.75) is 0 Å². The number of anilines is 2. The molecule has 0 saturated heterocycles. The van der Waals surface area contributed by atoms with E-state index in [1.807, 2.05) is 0 Å². The fraction of sp³-hybridized carbons (Fsp3) is 0. The first-order valence-corrected chi connectivity index (χ1v) is 6.71. The van der Waals surface area contributed by atoms with Crippen LogP contribution in [0.5, 0.6) is 5.75 Å². The highest BCUT2D eigenvalue weighted by atomic mass is 35.5. The molecule has 4 nitrogen and oxygen atoms in total. The van der Waals surface area contributed by atoms with E-state index in [2.05, 4.69) is 10.6 Å². The molecule has 0 atom stereocenters. The van der Waals surface area contributed by atoms with E-state index < -0.39 is 17.6 Å². The molecule has 0 aliphatic rings. The van der Waals surface area contributed by atoms with Crippen molar-refractivity contribution in [1.82, 2.24) is 0 Å². The largest absolute Gasteiger partial charge is 0.506 e. The van der Waals surface area contributed by atoms with Crippen molar-refractivity contribution in [1.29, 1.82) is 0 Å². The maximum absolute atomic E-state index is 13.5. The van der Waals surface area contributed by atoms with Crippen LogP contribution in [0, 0.1) is 5.82 Å². The summed E-state index contributed by atoms with van der Waals surface area (Å²) in [5.41, 5.74) is 0.211. The van der Waals surface area contributed by atoms with Crippen LogP contribution in [0.25, 0.3) is 0 Å². The molecule has 0 radical (unpaired) electrons. The molecule has 2 rings (SSSR count). The van der Waals surface area contributed by atoms with Gasteiger partial charge in [0.2, 0.25) is 0 Å². The number of halogens is 4. The highest BCUT2D eigenvalue weighted by Gasteiger charge is 2.11. The van der Waals surface area contributed by atoms with Crippen molar-refractivity contribution in [3.8, 4) is 5.75 Å². The number of hydrogen-bond acceptors (Lipinski definition) is 2. The molecule has 0 heterocycles. The number of benzene rings is 2. The molecule has 0 aliphatic carbocycles. The molecular weight excluding hydrogens is 342 g/mol. The molecule has 3 N–H and O–H groups in total. The lowest BCUT2D eigenvalue weighted by Crippen LogP contribution is -2.20. The Bertz CT molecular complexity index is 710. The van der Waals surface area contributed by atoms with Gasteiger partial charge >= 0.3 is 6.03 Å². The number of urea groups is 1. The highest BCUT2D eigenvalue weighted by Crippen LogP contribution is 2.29. The molecule has 0 spiro atoms. The van der Waals surface area contributed by atoms with Crippen molar-refractivity contribution >= 4 is 52.2 Å². The highest BCUT2D eigenvalue weighted by molar-refractivity contribution is 6.42. The minimum absolute atomic E-state index is 0.0822. The number of phenols is 1. The second-order valence-electron chi connectivity index (χ2n) is 3.99. The zero-order chi connectivity index (χ0) is 15.6. The quantitative estimate of drug-likeness (QED) is 0.658. The van der Waals surface area contributed by atoms with E-state index in [-0.39, 0.29) is 15.7 Å².